The Morgan fingerprint density at radius 3 is 2.17 bits per heavy atom. The van der Waals surface area contributed by atoms with E-state index in [2.05, 4.69) is 15.6 Å². The highest BCUT2D eigenvalue weighted by Crippen LogP contribution is 2.20. The first kappa shape index (κ1) is 20.2. The van der Waals surface area contributed by atoms with E-state index in [1.54, 1.807) is 30.5 Å². The molecule has 0 bridgehead atoms. The van der Waals surface area contributed by atoms with E-state index in [1.165, 1.54) is 0 Å². The molecule has 2 aromatic carbocycles. The first-order valence-electron chi connectivity index (χ1n) is 9.57. The van der Waals surface area contributed by atoms with Crippen LogP contribution < -0.4 is 20.1 Å². The van der Waals surface area contributed by atoms with Gasteiger partial charge in [-0.2, -0.15) is 0 Å². The molecule has 0 aliphatic rings. The predicted octanol–water partition coefficient (Wildman–Crippen LogP) is 5.26. The van der Waals surface area contributed by atoms with Gasteiger partial charge in [0, 0.05) is 17.6 Å². The maximum atomic E-state index is 12.4. The second kappa shape index (κ2) is 9.59. The first-order valence-corrected chi connectivity index (χ1v) is 9.57. The minimum absolute atomic E-state index is 0.136. The Balaban J connectivity index is 1.58. The summed E-state index contributed by atoms with van der Waals surface area (Å²) in [6.07, 6.45) is 1.68. The summed E-state index contributed by atoms with van der Waals surface area (Å²) in [5.74, 6) is 2.02. The van der Waals surface area contributed by atoms with Gasteiger partial charge in [-0.25, -0.2) is 4.98 Å². The lowest BCUT2D eigenvalue weighted by atomic mass is 10.2. The van der Waals surface area contributed by atoms with E-state index < -0.39 is 0 Å². The third kappa shape index (κ3) is 5.97. The summed E-state index contributed by atoms with van der Waals surface area (Å²) in [4.78, 5) is 16.7. The van der Waals surface area contributed by atoms with E-state index in [0.717, 1.165) is 17.2 Å². The molecule has 2 N–H and O–H groups in total. The molecule has 6 heteroatoms. The van der Waals surface area contributed by atoms with Crippen molar-refractivity contribution in [2.75, 3.05) is 17.2 Å². The fourth-order valence-corrected chi connectivity index (χ4v) is 2.64. The zero-order valence-corrected chi connectivity index (χ0v) is 16.8. The quantitative estimate of drug-likeness (QED) is 0.548. The molecule has 0 aliphatic carbocycles. The van der Waals surface area contributed by atoms with E-state index >= 15 is 0 Å². The molecular formula is C23H25N3O3. The van der Waals surface area contributed by atoms with Crippen LogP contribution in [0.15, 0.2) is 66.9 Å². The Bertz CT molecular complexity index is 921. The topological polar surface area (TPSA) is 72.5 Å². The summed E-state index contributed by atoms with van der Waals surface area (Å²) in [5, 5.41) is 6.06. The van der Waals surface area contributed by atoms with Crippen LogP contribution in [0.2, 0.25) is 0 Å². The van der Waals surface area contributed by atoms with Crippen molar-refractivity contribution in [3.63, 3.8) is 0 Å². The summed E-state index contributed by atoms with van der Waals surface area (Å²) < 4.78 is 11.0. The monoisotopic (exact) mass is 391 g/mol. The lowest BCUT2D eigenvalue weighted by Gasteiger charge is -2.11. The number of hydrogen-bond acceptors (Lipinski definition) is 5. The van der Waals surface area contributed by atoms with Gasteiger partial charge in [0.15, 0.2) is 0 Å². The number of nitrogens with one attached hydrogen (secondary N) is 2. The highest BCUT2D eigenvalue weighted by atomic mass is 16.5. The lowest BCUT2D eigenvalue weighted by Crippen LogP contribution is -2.12. The first-order chi connectivity index (χ1) is 14.0. The SMILES string of the molecule is CCOc1ccc(NC(=O)c2ccc(Nc3ccc(OC(C)C)cc3)nc2)cc1. The van der Waals surface area contributed by atoms with Gasteiger partial charge in [-0.3, -0.25) is 4.79 Å². The van der Waals surface area contributed by atoms with Crippen LogP contribution >= 0.6 is 0 Å². The fourth-order valence-electron chi connectivity index (χ4n) is 2.64. The third-order valence-electron chi connectivity index (χ3n) is 3.95. The van der Waals surface area contributed by atoms with Gasteiger partial charge in [-0.1, -0.05) is 0 Å². The Morgan fingerprint density at radius 1 is 0.931 bits per heavy atom. The number of anilines is 3. The molecule has 0 unspecified atom stereocenters. The van der Waals surface area contributed by atoms with E-state index in [1.807, 2.05) is 57.2 Å². The van der Waals surface area contributed by atoms with Gasteiger partial charge in [-0.15, -0.1) is 0 Å². The molecule has 1 aromatic heterocycles. The number of ether oxygens (including phenoxy) is 2. The molecule has 3 aromatic rings. The number of pyridine rings is 1. The van der Waals surface area contributed by atoms with Crippen LogP contribution in [0, 0.1) is 0 Å². The highest BCUT2D eigenvalue weighted by molar-refractivity contribution is 6.04. The van der Waals surface area contributed by atoms with Crippen LogP contribution in [-0.2, 0) is 0 Å². The average Bonchev–Trinajstić information content (AvgIpc) is 2.71. The van der Waals surface area contributed by atoms with Crippen molar-refractivity contribution in [2.24, 2.45) is 0 Å². The van der Waals surface area contributed by atoms with Gasteiger partial charge in [0.25, 0.3) is 5.91 Å². The van der Waals surface area contributed by atoms with E-state index in [0.29, 0.717) is 23.7 Å². The molecule has 29 heavy (non-hydrogen) atoms. The maximum absolute atomic E-state index is 12.4. The number of benzene rings is 2. The summed E-state index contributed by atoms with van der Waals surface area (Å²) >= 11 is 0. The molecule has 0 radical (unpaired) electrons. The zero-order chi connectivity index (χ0) is 20.6. The van der Waals surface area contributed by atoms with Crippen molar-refractivity contribution < 1.29 is 14.3 Å². The largest absolute Gasteiger partial charge is 0.494 e. The molecule has 3 rings (SSSR count). The lowest BCUT2D eigenvalue weighted by molar-refractivity contribution is 0.102. The number of carbonyl (C=O) groups excluding carboxylic acids is 1. The predicted molar refractivity (Wildman–Crippen MR) is 115 cm³/mol. The Labute approximate surface area is 170 Å². The van der Waals surface area contributed by atoms with E-state index in [4.69, 9.17) is 9.47 Å². The molecule has 0 aliphatic heterocycles. The molecule has 0 saturated carbocycles. The van der Waals surface area contributed by atoms with Crippen LogP contribution in [0.4, 0.5) is 17.2 Å². The standard InChI is InChI=1S/C23H25N3O3/c1-4-28-20-10-6-19(7-11-20)26-23(27)17-5-14-22(24-15-17)25-18-8-12-21(13-9-18)29-16(2)3/h5-16H,4H2,1-3H3,(H,24,25)(H,26,27). The van der Waals surface area contributed by atoms with Crippen molar-refractivity contribution in [3.05, 3.63) is 72.4 Å². The number of hydrogen-bond donors (Lipinski definition) is 2. The molecule has 1 heterocycles. The maximum Gasteiger partial charge on any atom is 0.257 e. The van der Waals surface area contributed by atoms with Crippen molar-refractivity contribution in [1.29, 1.82) is 0 Å². The number of nitrogens with zero attached hydrogens (tertiary/aromatic N) is 1. The van der Waals surface area contributed by atoms with Gasteiger partial charge < -0.3 is 20.1 Å². The van der Waals surface area contributed by atoms with Crippen LogP contribution in [0.1, 0.15) is 31.1 Å². The molecular weight excluding hydrogens is 366 g/mol. The minimum Gasteiger partial charge on any atom is -0.494 e. The van der Waals surface area contributed by atoms with E-state index in [-0.39, 0.29) is 12.0 Å². The van der Waals surface area contributed by atoms with Crippen molar-refractivity contribution >= 4 is 23.1 Å². The molecule has 1 amide bonds. The summed E-state index contributed by atoms with van der Waals surface area (Å²) in [5.41, 5.74) is 2.06. The van der Waals surface area contributed by atoms with Crippen LogP contribution in [0.3, 0.4) is 0 Å². The Hall–Kier alpha value is -3.54. The molecule has 6 nitrogen and oxygen atoms in total. The molecule has 0 atom stereocenters. The van der Waals surface area contributed by atoms with Crippen LogP contribution in [0.25, 0.3) is 0 Å². The number of amides is 1. The average molecular weight is 391 g/mol. The third-order valence-corrected chi connectivity index (χ3v) is 3.95. The van der Waals surface area contributed by atoms with Crippen LogP contribution in [-0.4, -0.2) is 23.6 Å². The van der Waals surface area contributed by atoms with Gasteiger partial charge in [0.05, 0.1) is 18.3 Å². The molecule has 150 valence electrons. The second-order valence-electron chi connectivity index (χ2n) is 6.66. The summed E-state index contributed by atoms with van der Waals surface area (Å²) in [7, 11) is 0. The summed E-state index contributed by atoms with van der Waals surface area (Å²) in [6, 6.07) is 18.4. The van der Waals surface area contributed by atoms with Gasteiger partial charge in [-0.05, 0) is 81.4 Å². The van der Waals surface area contributed by atoms with Crippen molar-refractivity contribution in [2.45, 2.75) is 26.9 Å². The molecule has 0 spiro atoms. The van der Waals surface area contributed by atoms with Gasteiger partial charge in [0.2, 0.25) is 0 Å². The number of rotatable bonds is 8. The number of aromatic nitrogens is 1. The minimum atomic E-state index is -0.219. The normalized spacial score (nSPS) is 10.5. The summed E-state index contributed by atoms with van der Waals surface area (Å²) in [6.45, 7) is 6.51. The molecule has 0 saturated heterocycles. The number of carbonyl (C=O) groups is 1. The zero-order valence-electron chi connectivity index (χ0n) is 16.8. The fraction of sp³-hybridized carbons (Fsp3) is 0.217. The molecule has 0 fully saturated rings. The highest BCUT2D eigenvalue weighted by Gasteiger charge is 2.07. The van der Waals surface area contributed by atoms with Crippen molar-refractivity contribution in [3.8, 4) is 11.5 Å². The van der Waals surface area contributed by atoms with Crippen LogP contribution in [0.5, 0.6) is 11.5 Å². The smallest absolute Gasteiger partial charge is 0.257 e. The van der Waals surface area contributed by atoms with Crippen molar-refractivity contribution in [1.82, 2.24) is 4.98 Å². The van der Waals surface area contributed by atoms with Gasteiger partial charge >= 0.3 is 0 Å². The Kier molecular flexibility index (Phi) is 6.68. The second-order valence-corrected chi connectivity index (χ2v) is 6.66. The van der Waals surface area contributed by atoms with Gasteiger partial charge in [0.1, 0.15) is 17.3 Å². The van der Waals surface area contributed by atoms with E-state index in [9.17, 15) is 4.79 Å². The Morgan fingerprint density at radius 2 is 1.59 bits per heavy atom.